The minimum Gasteiger partial charge on any atom is -0.390 e. The Hall–Kier alpha value is -1.26. The summed E-state index contributed by atoms with van der Waals surface area (Å²) in [7, 11) is 0. The van der Waals surface area contributed by atoms with E-state index in [0.29, 0.717) is 12.3 Å². The highest BCUT2D eigenvalue weighted by Crippen LogP contribution is 2.28. The van der Waals surface area contributed by atoms with Gasteiger partial charge >= 0.3 is 0 Å². The molecule has 0 saturated heterocycles. The number of rotatable bonds is 5. The van der Waals surface area contributed by atoms with Crippen molar-refractivity contribution in [2.24, 2.45) is 5.92 Å². The van der Waals surface area contributed by atoms with Crippen LogP contribution in [0.25, 0.3) is 0 Å². The van der Waals surface area contributed by atoms with Crippen molar-refractivity contribution >= 4 is 0 Å². The van der Waals surface area contributed by atoms with Crippen LogP contribution < -0.4 is 0 Å². The fourth-order valence-electron chi connectivity index (χ4n) is 2.43. The Morgan fingerprint density at radius 2 is 1.75 bits per heavy atom. The molecule has 0 aromatic heterocycles. The van der Waals surface area contributed by atoms with Gasteiger partial charge in [-0.1, -0.05) is 56.6 Å². The summed E-state index contributed by atoms with van der Waals surface area (Å²) in [6, 6.07) is 0. The van der Waals surface area contributed by atoms with E-state index in [2.05, 4.69) is 30.3 Å². The first-order valence-electron chi connectivity index (χ1n) is 7.28. The van der Waals surface area contributed by atoms with Gasteiger partial charge in [-0.2, -0.15) is 0 Å². The lowest BCUT2D eigenvalue weighted by molar-refractivity contribution is 0.00479. The lowest BCUT2D eigenvalue weighted by Crippen LogP contribution is -2.28. The minimum atomic E-state index is -0.869. The quantitative estimate of drug-likeness (QED) is 0.528. The van der Waals surface area contributed by atoms with Crippen LogP contribution >= 0.6 is 0 Å². The molecule has 0 aliphatic heterocycles. The van der Waals surface area contributed by atoms with E-state index < -0.39 is 18.3 Å². The summed E-state index contributed by atoms with van der Waals surface area (Å²) in [6.07, 6.45) is 5.83. The molecule has 3 heteroatoms. The Bertz CT molecular complexity index is 401. The monoisotopic (exact) mass is 276 g/mol. The average Bonchev–Trinajstić information content (AvgIpc) is 2.47. The smallest absolute Gasteiger partial charge is 0.134 e. The van der Waals surface area contributed by atoms with E-state index in [9.17, 15) is 10.2 Å². The van der Waals surface area contributed by atoms with E-state index in [-0.39, 0.29) is 6.42 Å². The minimum absolute atomic E-state index is 0.201. The van der Waals surface area contributed by atoms with Crippen LogP contribution in [0.1, 0.15) is 44.9 Å². The Morgan fingerprint density at radius 3 is 2.40 bits per heavy atom. The lowest BCUT2D eigenvalue weighted by atomic mass is 9.84. The van der Waals surface area contributed by atoms with E-state index in [4.69, 9.17) is 5.11 Å². The van der Waals surface area contributed by atoms with Crippen molar-refractivity contribution in [1.82, 2.24) is 0 Å². The third kappa shape index (κ3) is 6.78. The first-order chi connectivity index (χ1) is 9.63. The molecule has 0 heterocycles. The molecular formula is C17H24O3. The molecule has 20 heavy (non-hydrogen) atoms. The van der Waals surface area contributed by atoms with Gasteiger partial charge in [0.05, 0.1) is 12.2 Å². The molecule has 0 spiro atoms. The standard InChI is InChI=1S/C17H24O3/c1-2-15(18)11-7-4-8-12-16(19)17(20)13-14-9-5-3-6-10-14/h2,14-20H,1,3,5-6,9-10,12-13H2. The predicted molar refractivity (Wildman–Crippen MR) is 79.6 cm³/mol. The highest BCUT2D eigenvalue weighted by molar-refractivity contribution is 5.28. The maximum atomic E-state index is 9.95. The molecule has 0 amide bonds. The normalized spacial score (nSPS) is 19.8. The van der Waals surface area contributed by atoms with Crippen LogP contribution in [0, 0.1) is 29.6 Å². The molecule has 1 rings (SSSR count). The summed E-state index contributed by atoms with van der Waals surface area (Å²) in [5.74, 6) is 10.7. The van der Waals surface area contributed by atoms with E-state index in [0.717, 1.165) is 12.8 Å². The van der Waals surface area contributed by atoms with Crippen LogP contribution in [0.15, 0.2) is 12.7 Å². The second kappa shape index (κ2) is 9.61. The second-order valence-electron chi connectivity index (χ2n) is 5.33. The molecule has 1 fully saturated rings. The van der Waals surface area contributed by atoms with Crippen LogP contribution in [0.3, 0.4) is 0 Å². The van der Waals surface area contributed by atoms with Crippen LogP contribution in [-0.2, 0) is 0 Å². The Balaban J connectivity index is 2.29. The Labute approximate surface area is 121 Å². The van der Waals surface area contributed by atoms with Crippen molar-refractivity contribution in [3.8, 4) is 23.7 Å². The van der Waals surface area contributed by atoms with Gasteiger partial charge in [0, 0.05) is 6.42 Å². The highest BCUT2D eigenvalue weighted by atomic mass is 16.3. The molecule has 1 aliphatic carbocycles. The fourth-order valence-corrected chi connectivity index (χ4v) is 2.43. The molecule has 0 radical (unpaired) electrons. The van der Waals surface area contributed by atoms with Gasteiger partial charge in [0.25, 0.3) is 0 Å². The zero-order valence-corrected chi connectivity index (χ0v) is 11.9. The predicted octanol–water partition coefficient (Wildman–Crippen LogP) is 1.62. The molecule has 3 unspecified atom stereocenters. The number of aliphatic hydroxyl groups is 3. The van der Waals surface area contributed by atoms with Gasteiger partial charge in [-0.15, -0.1) is 0 Å². The molecule has 3 nitrogen and oxygen atoms in total. The second-order valence-corrected chi connectivity index (χ2v) is 5.33. The number of aliphatic hydroxyl groups excluding tert-OH is 3. The van der Waals surface area contributed by atoms with Crippen molar-refractivity contribution in [2.75, 3.05) is 0 Å². The molecule has 110 valence electrons. The number of hydrogen-bond acceptors (Lipinski definition) is 3. The molecule has 0 aromatic carbocycles. The highest BCUT2D eigenvalue weighted by Gasteiger charge is 2.21. The first kappa shape index (κ1) is 16.8. The van der Waals surface area contributed by atoms with Crippen LogP contribution in [0.5, 0.6) is 0 Å². The summed E-state index contributed by atoms with van der Waals surface area (Å²) in [5, 5.41) is 28.9. The molecular weight excluding hydrogens is 252 g/mol. The molecule has 1 saturated carbocycles. The molecule has 0 aromatic rings. The summed E-state index contributed by atoms with van der Waals surface area (Å²) in [5.41, 5.74) is 0. The summed E-state index contributed by atoms with van der Waals surface area (Å²) in [4.78, 5) is 0. The van der Waals surface area contributed by atoms with E-state index in [1.54, 1.807) is 0 Å². The van der Waals surface area contributed by atoms with Gasteiger partial charge in [0.2, 0.25) is 0 Å². The number of hydrogen-bond donors (Lipinski definition) is 3. The topological polar surface area (TPSA) is 60.7 Å². The third-order valence-corrected chi connectivity index (χ3v) is 3.65. The van der Waals surface area contributed by atoms with Crippen molar-refractivity contribution in [3.05, 3.63) is 12.7 Å². The third-order valence-electron chi connectivity index (χ3n) is 3.65. The van der Waals surface area contributed by atoms with E-state index in [1.807, 2.05) is 0 Å². The van der Waals surface area contributed by atoms with E-state index in [1.165, 1.54) is 25.3 Å². The van der Waals surface area contributed by atoms with Gasteiger partial charge < -0.3 is 15.3 Å². The Morgan fingerprint density at radius 1 is 1.05 bits per heavy atom. The van der Waals surface area contributed by atoms with Gasteiger partial charge in [-0.3, -0.25) is 0 Å². The molecule has 3 atom stereocenters. The SMILES string of the molecule is C=CC(O)C#CC#CCC(O)C(O)CC1CCCCC1. The van der Waals surface area contributed by atoms with Crippen molar-refractivity contribution < 1.29 is 15.3 Å². The van der Waals surface area contributed by atoms with Crippen LogP contribution in [0.4, 0.5) is 0 Å². The van der Waals surface area contributed by atoms with Gasteiger partial charge in [-0.25, -0.2) is 0 Å². The summed E-state index contributed by atoms with van der Waals surface area (Å²) >= 11 is 0. The maximum absolute atomic E-state index is 9.95. The van der Waals surface area contributed by atoms with Gasteiger partial charge in [0.1, 0.15) is 6.10 Å². The van der Waals surface area contributed by atoms with Crippen molar-refractivity contribution in [2.45, 2.75) is 63.3 Å². The van der Waals surface area contributed by atoms with Crippen molar-refractivity contribution in [3.63, 3.8) is 0 Å². The van der Waals surface area contributed by atoms with Gasteiger partial charge in [-0.05, 0) is 24.2 Å². The lowest BCUT2D eigenvalue weighted by Gasteiger charge is -2.25. The molecule has 3 N–H and O–H groups in total. The fraction of sp³-hybridized carbons (Fsp3) is 0.647. The molecule has 1 aliphatic rings. The average molecular weight is 276 g/mol. The Kier molecular flexibility index (Phi) is 8.07. The van der Waals surface area contributed by atoms with Crippen LogP contribution in [0.2, 0.25) is 0 Å². The van der Waals surface area contributed by atoms with E-state index >= 15 is 0 Å². The van der Waals surface area contributed by atoms with Crippen LogP contribution in [-0.4, -0.2) is 33.6 Å². The van der Waals surface area contributed by atoms with Gasteiger partial charge in [0.15, 0.2) is 0 Å². The molecule has 0 bridgehead atoms. The zero-order valence-electron chi connectivity index (χ0n) is 11.9. The van der Waals surface area contributed by atoms with Crippen molar-refractivity contribution in [1.29, 1.82) is 0 Å². The summed E-state index contributed by atoms with van der Waals surface area (Å²) < 4.78 is 0. The first-order valence-corrected chi connectivity index (χ1v) is 7.28. The maximum Gasteiger partial charge on any atom is 0.134 e. The zero-order chi connectivity index (χ0) is 14.8. The summed E-state index contributed by atoms with van der Waals surface area (Å²) in [6.45, 7) is 3.39. The largest absolute Gasteiger partial charge is 0.390 e.